The maximum absolute atomic E-state index is 13.3. The van der Waals surface area contributed by atoms with Gasteiger partial charge in [0.15, 0.2) is 0 Å². The maximum atomic E-state index is 13.3. The van der Waals surface area contributed by atoms with Crippen LogP contribution in [0, 0.1) is 17.7 Å². The lowest BCUT2D eigenvalue weighted by Gasteiger charge is -2.18. The summed E-state index contributed by atoms with van der Waals surface area (Å²) in [5, 5.41) is 3.47. The summed E-state index contributed by atoms with van der Waals surface area (Å²) < 4.78 is 19.0. The van der Waals surface area contributed by atoms with E-state index < -0.39 is 0 Å². The van der Waals surface area contributed by atoms with Crippen LogP contribution < -0.4 is 5.32 Å². The first kappa shape index (κ1) is 18.1. The van der Waals surface area contributed by atoms with Crippen LogP contribution in [0.4, 0.5) is 4.39 Å². The SMILES string of the molecule is CCCNCC(CCOCC(C)C)Cc1cccc(F)c1. The summed E-state index contributed by atoms with van der Waals surface area (Å²) in [4.78, 5) is 0. The topological polar surface area (TPSA) is 21.3 Å². The average Bonchev–Trinajstić information content (AvgIpc) is 2.43. The van der Waals surface area contributed by atoms with Crippen molar-refractivity contribution in [2.75, 3.05) is 26.3 Å². The molecule has 1 unspecified atom stereocenters. The maximum Gasteiger partial charge on any atom is 0.123 e. The second-order valence-electron chi connectivity index (χ2n) is 6.16. The predicted molar refractivity (Wildman–Crippen MR) is 87.0 cm³/mol. The van der Waals surface area contributed by atoms with Crippen LogP contribution in [-0.4, -0.2) is 26.3 Å². The Bertz CT molecular complexity index is 381. The number of ether oxygens (including phenoxy) is 1. The lowest BCUT2D eigenvalue weighted by atomic mass is 9.96. The Labute approximate surface area is 129 Å². The third-order valence-electron chi connectivity index (χ3n) is 3.39. The quantitative estimate of drug-likeness (QED) is 0.622. The second kappa shape index (κ2) is 10.7. The standard InChI is InChI=1S/C18H30FNO/c1-4-9-20-13-17(8-10-21-14-15(2)3)11-16-6-5-7-18(19)12-16/h5-7,12,15,17,20H,4,8-11,13-14H2,1-3H3. The first-order valence-corrected chi connectivity index (χ1v) is 8.14. The Morgan fingerprint density at radius 2 is 2.10 bits per heavy atom. The third kappa shape index (κ3) is 8.84. The van der Waals surface area contributed by atoms with Gasteiger partial charge in [-0.3, -0.25) is 0 Å². The van der Waals surface area contributed by atoms with Gasteiger partial charge in [-0.25, -0.2) is 4.39 Å². The number of benzene rings is 1. The van der Waals surface area contributed by atoms with Gasteiger partial charge in [-0.05, 0) is 61.9 Å². The molecule has 3 heteroatoms. The average molecular weight is 295 g/mol. The third-order valence-corrected chi connectivity index (χ3v) is 3.39. The second-order valence-corrected chi connectivity index (χ2v) is 6.16. The van der Waals surface area contributed by atoms with Crippen LogP contribution in [0.2, 0.25) is 0 Å². The van der Waals surface area contributed by atoms with Crippen molar-refractivity contribution < 1.29 is 9.13 Å². The molecule has 1 N–H and O–H groups in total. The first-order chi connectivity index (χ1) is 10.1. The van der Waals surface area contributed by atoms with Crippen LogP contribution in [-0.2, 0) is 11.2 Å². The summed E-state index contributed by atoms with van der Waals surface area (Å²) in [6.07, 6.45) is 3.05. The number of nitrogens with one attached hydrogen (secondary N) is 1. The number of halogens is 1. The van der Waals surface area contributed by atoms with Gasteiger partial charge in [0.25, 0.3) is 0 Å². The Morgan fingerprint density at radius 3 is 2.76 bits per heavy atom. The molecule has 1 aromatic rings. The van der Waals surface area contributed by atoms with Gasteiger partial charge in [0.1, 0.15) is 5.82 Å². The minimum Gasteiger partial charge on any atom is -0.381 e. The van der Waals surface area contributed by atoms with Crippen molar-refractivity contribution in [2.24, 2.45) is 11.8 Å². The molecule has 21 heavy (non-hydrogen) atoms. The van der Waals surface area contributed by atoms with Gasteiger partial charge in [0.2, 0.25) is 0 Å². The van der Waals surface area contributed by atoms with E-state index in [9.17, 15) is 4.39 Å². The lowest BCUT2D eigenvalue weighted by Crippen LogP contribution is -2.26. The summed E-state index contributed by atoms with van der Waals surface area (Å²) in [5.41, 5.74) is 1.07. The van der Waals surface area contributed by atoms with Crippen molar-refractivity contribution in [2.45, 2.75) is 40.0 Å². The van der Waals surface area contributed by atoms with E-state index in [1.807, 2.05) is 6.07 Å². The molecule has 0 saturated carbocycles. The fraction of sp³-hybridized carbons (Fsp3) is 0.667. The predicted octanol–water partition coefficient (Wildman–Crippen LogP) is 4.05. The number of hydrogen-bond donors (Lipinski definition) is 1. The normalized spacial score (nSPS) is 12.8. The monoisotopic (exact) mass is 295 g/mol. The van der Waals surface area contributed by atoms with E-state index in [-0.39, 0.29) is 5.82 Å². The molecule has 1 rings (SSSR count). The zero-order valence-electron chi connectivity index (χ0n) is 13.7. The van der Waals surface area contributed by atoms with Gasteiger partial charge in [0, 0.05) is 13.2 Å². The molecule has 0 amide bonds. The molecule has 0 saturated heterocycles. The Balaban J connectivity index is 2.43. The summed E-state index contributed by atoms with van der Waals surface area (Å²) in [6, 6.07) is 6.93. The molecule has 0 fully saturated rings. The highest BCUT2D eigenvalue weighted by molar-refractivity contribution is 5.16. The summed E-state index contributed by atoms with van der Waals surface area (Å²) in [7, 11) is 0. The highest BCUT2D eigenvalue weighted by Crippen LogP contribution is 2.14. The lowest BCUT2D eigenvalue weighted by molar-refractivity contribution is 0.0976. The molecule has 2 nitrogen and oxygen atoms in total. The van der Waals surface area contributed by atoms with E-state index in [0.717, 1.165) is 51.1 Å². The highest BCUT2D eigenvalue weighted by atomic mass is 19.1. The molecule has 0 aliphatic rings. The molecule has 1 atom stereocenters. The molecule has 0 aliphatic carbocycles. The van der Waals surface area contributed by atoms with E-state index in [0.29, 0.717) is 11.8 Å². The van der Waals surface area contributed by atoms with Crippen LogP contribution >= 0.6 is 0 Å². The van der Waals surface area contributed by atoms with Crippen molar-refractivity contribution in [1.82, 2.24) is 5.32 Å². The molecule has 0 aromatic heterocycles. The zero-order valence-corrected chi connectivity index (χ0v) is 13.7. The van der Waals surface area contributed by atoms with E-state index in [1.54, 1.807) is 12.1 Å². The van der Waals surface area contributed by atoms with Crippen LogP contribution in [0.15, 0.2) is 24.3 Å². The Morgan fingerprint density at radius 1 is 1.29 bits per heavy atom. The van der Waals surface area contributed by atoms with Gasteiger partial charge >= 0.3 is 0 Å². The van der Waals surface area contributed by atoms with Crippen LogP contribution in [0.1, 0.15) is 39.2 Å². The van der Waals surface area contributed by atoms with Crippen molar-refractivity contribution in [3.8, 4) is 0 Å². The summed E-state index contributed by atoms with van der Waals surface area (Å²) in [6.45, 7) is 10.1. The molecule has 0 heterocycles. The van der Waals surface area contributed by atoms with E-state index in [1.165, 1.54) is 6.07 Å². The van der Waals surface area contributed by atoms with Gasteiger partial charge in [-0.15, -0.1) is 0 Å². The number of hydrogen-bond acceptors (Lipinski definition) is 2. The van der Waals surface area contributed by atoms with Gasteiger partial charge in [-0.1, -0.05) is 32.9 Å². The largest absolute Gasteiger partial charge is 0.381 e. The van der Waals surface area contributed by atoms with Crippen molar-refractivity contribution in [3.63, 3.8) is 0 Å². The van der Waals surface area contributed by atoms with E-state index in [2.05, 4.69) is 26.1 Å². The smallest absolute Gasteiger partial charge is 0.123 e. The van der Waals surface area contributed by atoms with Gasteiger partial charge < -0.3 is 10.1 Å². The van der Waals surface area contributed by atoms with Gasteiger partial charge in [0.05, 0.1) is 0 Å². The zero-order chi connectivity index (χ0) is 15.5. The van der Waals surface area contributed by atoms with Crippen molar-refractivity contribution in [3.05, 3.63) is 35.6 Å². The Kier molecular flexibility index (Phi) is 9.27. The fourth-order valence-corrected chi connectivity index (χ4v) is 2.33. The minimum absolute atomic E-state index is 0.149. The summed E-state index contributed by atoms with van der Waals surface area (Å²) in [5.74, 6) is 0.916. The van der Waals surface area contributed by atoms with Crippen LogP contribution in [0.5, 0.6) is 0 Å². The fourth-order valence-electron chi connectivity index (χ4n) is 2.33. The van der Waals surface area contributed by atoms with Crippen LogP contribution in [0.3, 0.4) is 0 Å². The summed E-state index contributed by atoms with van der Waals surface area (Å²) >= 11 is 0. The molecule has 0 spiro atoms. The van der Waals surface area contributed by atoms with Crippen molar-refractivity contribution in [1.29, 1.82) is 0 Å². The Hall–Kier alpha value is -0.930. The molecule has 0 bridgehead atoms. The number of rotatable bonds is 11. The highest BCUT2D eigenvalue weighted by Gasteiger charge is 2.10. The van der Waals surface area contributed by atoms with Gasteiger partial charge in [-0.2, -0.15) is 0 Å². The van der Waals surface area contributed by atoms with Crippen LogP contribution in [0.25, 0.3) is 0 Å². The minimum atomic E-state index is -0.149. The molecule has 0 radical (unpaired) electrons. The van der Waals surface area contributed by atoms with Crippen molar-refractivity contribution >= 4 is 0 Å². The molecule has 120 valence electrons. The first-order valence-electron chi connectivity index (χ1n) is 8.14. The molecule has 1 aromatic carbocycles. The molecular formula is C18H30FNO. The van der Waals surface area contributed by atoms with E-state index >= 15 is 0 Å². The molecular weight excluding hydrogens is 265 g/mol. The van der Waals surface area contributed by atoms with E-state index in [4.69, 9.17) is 4.74 Å². The molecule has 0 aliphatic heterocycles.